The van der Waals surface area contributed by atoms with Gasteiger partial charge in [0.05, 0.1) is 17.5 Å². The van der Waals surface area contributed by atoms with Crippen molar-refractivity contribution in [3.8, 4) is 5.75 Å². The van der Waals surface area contributed by atoms with Crippen molar-refractivity contribution < 1.29 is 37.8 Å². The van der Waals surface area contributed by atoms with E-state index < -0.39 is 65.1 Å². The number of para-hydroxylation sites is 1. The molecule has 0 saturated heterocycles. The Kier molecular flexibility index (Phi) is 8.49. The van der Waals surface area contributed by atoms with E-state index in [1.54, 1.807) is 26.0 Å². The molecule has 1 aromatic heterocycles. The number of fused-ring (bicyclic) bond motifs is 1. The number of nitrogens with one attached hydrogen (secondary N) is 2. The van der Waals surface area contributed by atoms with E-state index in [1.165, 1.54) is 0 Å². The summed E-state index contributed by atoms with van der Waals surface area (Å²) in [5.41, 5.74) is -0.0563. The van der Waals surface area contributed by atoms with Gasteiger partial charge in [-0.05, 0) is 36.2 Å². The molecular formula is C26H25F2N3O6. The van der Waals surface area contributed by atoms with Gasteiger partial charge in [-0.2, -0.15) is 0 Å². The van der Waals surface area contributed by atoms with E-state index >= 15 is 0 Å². The molecule has 0 unspecified atom stereocenters. The van der Waals surface area contributed by atoms with Crippen LogP contribution in [0.25, 0.3) is 10.9 Å². The molecule has 11 heteroatoms. The van der Waals surface area contributed by atoms with Gasteiger partial charge in [0.15, 0.2) is 17.4 Å². The first-order valence-corrected chi connectivity index (χ1v) is 11.3. The Morgan fingerprint density at radius 2 is 1.73 bits per heavy atom. The average molecular weight is 513 g/mol. The molecule has 0 fully saturated rings. The number of esters is 1. The lowest BCUT2D eigenvalue weighted by molar-refractivity contribution is -0.137. The molecule has 0 aliphatic heterocycles. The van der Waals surface area contributed by atoms with Crippen LogP contribution in [0.1, 0.15) is 37.6 Å². The first-order valence-electron chi connectivity index (χ1n) is 11.3. The third kappa shape index (κ3) is 6.63. The summed E-state index contributed by atoms with van der Waals surface area (Å²) < 4.78 is 33.3. The summed E-state index contributed by atoms with van der Waals surface area (Å²) in [5, 5.41) is 15.6. The van der Waals surface area contributed by atoms with Crippen molar-refractivity contribution in [1.29, 1.82) is 0 Å². The fourth-order valence-electron chi connectivity index (χ4n) is 3.63. The monoisotopic (exact) mass is 513 g/mol. The number of carboxylic acids is 1. The highest BCUT2D eigenvalue weighted by Crippen LogP contribution is 2.26. The zero-order valence-corrected chi connectivity index (χ0v) is 20.2. The number of aromatic nitrogens is 1. The van der Waals surface area contributed by atoms with Gasteiger partial charge in [0.2, 0.25) is 11.7 Å². The molecule has 194 valence electrons. The highest BCUT2D eigenvalue weighted by atomic mass is 19.1. The zero-order valence-electron chi connectivity index (χ0n) is 20.2. The lowest BCUT2D eigenvalue weighted by Gasteiger charge is -2.25. The molecule has 0 bridgehead atoms. The number of ketones is 1. The Morgan fingerprint density at radius 3 is 2.38 bits per heavy atom. The van der Waals surface area contributed by atoms with Gasteiger partial charge in [-0.25, -0.2) is 13.8 Å². The van der Waals surface area contributed by atoms with Crippen molar-refractivity contribution in [2.45, 2.75) is 39.3 Å². The Hall–Kier alpha value is -4.41. The van der Waals surface area contributed by atoms with E-state index in [9.17, 15) is 33.1 Å². The average Bonchev–Trinajstić information content (AvgIpc) is 2.83. The Bertz CT molecular complexity index is 1360. The fraction of sp³-hybridized carbons (Fsp3) is 0.269. The van der Waals surface area contributed by atoms with Crippen LogP contribution in [0.3, 0.4) is 0 Å². The van der Waals surface area contributed by atoms with Crippen LogP contribution in [-0.2, 0) is 14.4 Å². The molecule has 1 amide bonds. The highest BCUT2D eigenvalue weighted by molar-refractivity contribution is 6.04. The van der Waals surface area contributed by atoms with E-state index in [4.69, 9.17) is 0 Å². The lowest BCUT2D eigenvalue weighted by Crippen LogP contribution is -2.50. The van der Waals surface area contributed by atoms with Crippen LogP contribution in [0.2, 0.25) is 0 Å². The second-order valence-electron chi connectivity index (χ2n) is 8.61. The van der Waals surface area contributed by atoms with Crippen LogP contribution < -0.4 is 15.4 Å². The summed E-state index contributed by atoms with van der Waals surface area (Å²) in [6.07, 6.45) is -0.872. The maximum Gasteiger partial charge on any atom is 0.308 e. The molecule has 0 saturated carbocycles. The molecule has 0 spiro atoms. The second kappa shape index (κ2) is 11.5. The van der Waals surface area contributed by atoms with E-state index in [1.807, 2.05) is 24.3 Å². The molecule has 0 aliphatic rings. The highest BCUT2D eigenvalue weighted by Gasteiger charge is 2.32. The number of pyridine rings is 1. The molecule has 0 aliphatic carbocycles. The third-order valence-electron chi connectivity index (χ3n) is 5.42. The zero-order chi connectivity index (χ0) is 27.3. The van der Waals surface area contributed by atoms with Crippen molar-refractivity contribution in [2.75, 3.05) is 5.32 Å². The predicted molar refractivity (Wildman–Crippen MR) is 130 cm³/mol. The number of nitrogens with zero attached hydrogens (tertiary/aromatic N) is 1. The smallest absolute Gasteiger partial charge is 0.308 e. The fourth-order valence-corrected chi connectivity index (χ4v) is 3.63. The molecule has 1 heterocycles. The van der Waals surface area contributed by atoms with E-state index in [-0.39, 0.29) is 5.92 Å². The van der Waals surface area contributed by atoms with Crippen LogP contribution in [0, 0.1) is 17.6 Å². The summed E-state index contributed by atoms with van der Waals surface area (Å²) in [7, 11) is 0. The SMILES string of the molecule is CC(=O)Oc1c(F)ccc(C(=O)[C@H](CC(=O)O)NC(=O)[C@@H](Nc2ccc3ccccc3n2)C(C)C)c1F. The largest absolute Gasteiger partial charge is 0.481 e. The lowest BCUT2D eigenvalue weighted by atomic mass is 9.98. The first kappa shape index (κ1) is 27.2. The molecular weight excluding hydrogens is 488 g/mol. The maximum absolute atomic E-state index is 14.9. The second-order valence-corrected chi connectivity index (χ2v) is 8.61. The number of halogens is 2. The van der Waals surface area contributed by atoms with Crippen LogP contribution in [0.4, 0.5) is 14.6 Å². The standard InChI is InChI=1S/C26H25F2N3O6/c1-13(2)23(31-20-11-8-15-6-4-5-7-18(15)29-20)26(36)30-19(12-21(33)34)24(35)16-9-10-17(27)25(22(16)28)37-14(3)32/h4-11,13,19,23H,12H2,1-3H3,(H,29,31)(H,30,36)(H,33,34)/t19-,23-/m0/s1. The van der Waals surface area contributed by atoms with Gasteiger partial charge >= 0.3 is 11.9 Å². The maximum atomic E-state index is 14.9. The molecule has 2 aromatic carbocycles. The number of Topliss-reactive ketones (excluding diaryl/α,β-unsaturated/α-hetero) is 1. The number of aliphatic carboxylic acids is 1. The van der Waals surface area contributed by atoms with Crippen LogP contribution in [0.15, 0.2) is 48.5 Å². The Morgan fingerprint density at radius 1 is 1.03 bits per heavy atom. The quantitative estimate of drug-likeness (QED) is 0.212. The van der Waals surface area contributed by atoms with Gasteiger partial charge < -0.3 is 20.5 Å². The summed E-state index contributed by atoms with van der Waals surface area (Å²) in [4.78, 5) is 53.3. The van der Waals surface area contributed by atoms with Crippen LogP contribution >= 0.6 is 0 Å². The number of carboxylic acid groups (broad SMARTS) is 1. The molecule has 2 atom stereocenters. The summed E-state index contributed by atoms with van der Waals surface area (Å²) in [6, 6.07) is 9.71. The van der Waals surface area contributed by atoms with Gasteiger partial charge in [0.1, 0.15) is 17.9 Å². The number of hydrogen-bond acceptors (Lipinski definition) is 7. The minimum atomic E-state index is -1.69. The molecule has 3 rings (SSSR count). The number of rotatable bonds is 10. The number of anilines is 1. The number of carbonyl (C=O) groups is 4. The Balaban J connectivity index is 1.87. The summed E-state index contributed by atoms with van der Waals surface area (Å²) in [5.74, 6) is -8.07. The number of carbonyl (C=O) groups excluding carboxylic acids is 3. The molecule has 3 aromatic rings. The molecule has 0 radical (unpaired) electrons. The molecule has 9 nitrogen and oxygen atoms in total. The third-order valence-corrected chi connectivity index (χ3v) is 5.42. The minimum absolute atomic E-state index is 0.327. The van der Waals surface area contributed by atoms with Gasteiger partial charge in [0.25, 0.3) is 0 Å². The topological polar surface area (TPSA) is 135 Å². The molecule has 3 N–H and O–H groups in total. The van der Waals surface area contributed by atoms with E-state index in [2.05, 4.69) is 20.4 Å². The predicted octanol–water partition coefficient (Wildman–Crippen LogP) is 3.72. The summed E-state index contributed by atoms with van der Waals surface area (Å²) in [6.45, 7) is 4.39. The number of amides is 1. The first-order chi connectivity index (χ1) is 17.5. The number of ether oxygens (including phenoxy) is 1. The van der Waals surface area contributed by atoms with Crippen molar-refractivity contribution >= 4 is 40.3 Å². The minimum Gasteiger partial charge on any atom is -0.481 e. The van der Waals surface area contributed by atoms with E-state index in [0.717, 1.165) is 18.4 Å². The molecule has 37 heavy (non-hydrogen) atoms. The van der Waals surface area contributed by atoms with Crippen LogP contribution in [0.5, 0.6) is 5.75 Å². The van der Waals surface area contributed by atoms with Gasteiger partial charge in [-0.15, -0.1) is 0 Å². The van der Waals surface area contributed by atoms with Crippen molar-refractivity contribution in [3.63, 3.8) is 0 Å². The van der Waals surface area contributed by atoms with Gasteiger partial charge in [0, 0.05) is 12.3 Å². The number of hydrogen-bond donors (Lipinski definition) is 3. The van der Waals surface area contributed by atoms with Crippen molar-refractivity contribution in [1.82, 2.24) is 10.3 Å². The normalized spacial score (nSPS) is 12.6. The summed E-state index contributed by atoms with van der Waals surface area (Å²) >= 11 is 0. The van der Waals surface area contributed by atoms with Crippen molar-refractivity contribution in [2.24, 2.45) is 5.92 Å². The number of benzene rings is 2. The van der Waals surface area contributed by atoms with Gasteiger partial charge in [-0.3, -0.25) is 19.2 Å². The van der Waals surface area contributed by atoms with Crippen LogP contribution in [-0.4, -0.2) is 45.8 Å². The van der Waals surface area contributed by atoms with Gasteiger partial charge in [-0.1, -0.05) is 32.0 Å². The van der Waals surface area contributed by atoms with E-state index in [0.29, 0.717) is 17.4 Å². The Labute approximate surface area is 210 Å². The van der Waals surface area contributed by atoms with Crippen molar-refractivity contribution in [3.05, 3.63) is 65.7 Å².